The van der Waals surface area contributed by atoms with Crippen LogP contribution in [0.25, 0.3) is 17.0 Å². The van der Waals surface area contributed by atoms with Gasteiger partial charge < -0.3 is 9.47 Å². The highest BCUT2D eigenvalue weighted by Crippen LogP contribution is 2.34. The number of amides is 3. The van der Waals surface area contributed by atoms with Crippen molar-refractivity contribution in [2.45, 2.75) is 38.8 Å². The van der Waals surface area contributed by atoms with Crippen molar-refractivity contribution in [1.29, 1.82) is 0 Å². The summed E-state index contributed by atoms with van der Waals surface area (Å²) in [6.45, 7) is 2.79. The van der Waals surface area contributed by atoms with Crippen LogP contribution in [0.4, 0.5) is 4.79 Å². The molecule has 1 atom stereocenters. The van der Waals surface area contributed by atoms with E-state index < -0.39 is 11.1 Å². The molecule has 2 aliphatic rings. The Labute approximate surface area is 213 Å². The molecule has 5 rings (SSSR count). The summed E-state index contributed by atoms with van der Waals surface area (Å²) in [5, 5.41) is 0.428. The van der Waals surface area contributed by atoms with Crippen molar-refractivity contribution in [2.24, 2.45) is 0 Å². The molecule has 0 saturated carbocycles. The highest BCUT2D eigenvalue weighted by Gasteiger charge is 2.36. The summed E-state index contributed by atoms with van der Waals surface area (Å²) in [6, 6.07) is 16.6. The van der Waals surface area contributed by atoms with Crippen molar-refractivity contribution < 1.29 is 19.2 Å². The Kier molecular flexibility index (Phi) is 6.78. The lowest BCUT2D eigenvalue weighted by Crippen LogP contribution is -2.43. The number of rotatable bonds is 6. The number of likely N-dealkylation sites (tertiary alicyclic amines) is 1. The van der Waals surface area contributed by atoms with Gasteiger partial charge in [-0.3, -0.25) is 24.1 Å². The van der Waals surface area contributed by atoms with E-state index in [4.69, 9.17) is 0 Å². The zero-order valence-corrected chi connectivity index (χ0v) is 20.9. The highest BCUT2D eigenvalue weighted by molar-refractivity contribution is 8.18. The van der Waals surface area contributed by atoms with Gasteiger partial charge in [0, 0.05) is 40.8 Å². The third-order valence-electron chi connectivity index (χ3n) is 6.81. The van der Waals surface area contributed by atoms with Crippen molar-refractivity contribution >= 4 is 51.6 Å². The third-order valence-corrected chi connectivity index (χ3v) is 7.71. The Morgan fingerprint density at radius 2 is 1.75 bits per heavy atom. The predicted molar refractivity (Wildman–Crippen MR) is 140 cm³/mol. The fourth-order valence-corrected chi connectivity index (χ4v) is 5.69. The number of hydrogen-bond donors (Lipinski definition) is 0. The minimum Gasteiger partial charge on any atom is -0.338 e. The SMILES string of the molecule is C[C@H]1CCCCN1C(=O)Cn1cc(/C=C2\SC(=O)N(CC(=O)c3ccccc3)C2=O)c2ccccc21. The summed E-state index contributed by atoms with van der Waals surface area (Å²) < 4.78 is 1.91. The molecule has 3 aromatic rings. The fraction of sp³-hybridized carbons (Fsp3) is 0.286. The summed E-state index contributed by atoms with van der Waals surface area (Å²) in [5.41, 5.74) is 2.10. The average Bonchev–Trinajstić information content (AvgIpc) is 3.36. The number of imide groups is 1. The van der Waals surface area contributed by atoms with Crippen LogP contribution in [0.15, 0.2) is 65.7 Å². The molecule has 1 aromatic heterocycles. The summed E-state index contributed by atoms with van der Waals surface area (Å²) in [6.07, 6.45) is 6.74. The number of para-hydroxylation sites is 1. The van der Waals surface area contributed by atoms with Crippen molar-refractivity contribution in [3.63, 3.8) is 0 Å². The van der Waals surface area contributed by atoms with Crippen molar-refractivity contribution in [2.75, 3.05) is 13.1 Å². The Hall–Kier alpha value is -3.65. The zero-order chi connectivity index (χ0) is 25.2. The Balaban J connectivity index is 1.39. The summed E-state index contributed by atoms with van der Waals surface area (Å²) in [5.74, 6) is -0.695. The molecule has 7 nitrogen and oxygen atoms in total. The first-order valence-electron chi connectivity index (χ1n) is 12.1. The van der Waals surface area contributed by atoms with Gasteiger partial charge in [0.25, 0.3) is 11.1 Å². The second kappa shape index (κ2) is 10.1. The number of benzene rings is 2. The normalized spacial score (nSPS) is 19.5. The van der Waals surface area contributed by atoms with E-state index in [1.165, 1.54) is 0 Å². The molecule has 2 aliphatic heterocycles. The molecule has 0 N–H and O–H groups in total. The van der Waals surface area contributed by atoms with E-state index in [2.05, 4.69) is 6.92 Å². The number of Topliss-reactive ketones (excluding diaryl/α,β-unsaturated/α-hetero) is 1. The van der Waals surface area contributed by atoms with Crippen LogP contribution in [0.3, 0.4) is 0 Å². The third kappa shape index (κ3) is 4.73. The van der Waals surface area contributed by atoms with Gasteiger partial charge >= 0.3 is 0 Å². The first-order chi connectivity index (χ1) is 17.4. The Morgan fingerprint density at radius 3 is 2.53 bits per heavy atom. The molecule has 2 saturated heterocycles. The van der Waals surface area contributed by atoms with E-state index >= 15 is 0 Å². The summed E-state index contributed by atoms with van der Waals surface area (Å²) in [4.78, 5) is 54.5. The topological polar surface area (TPSA) is 79.7 Å². The van der Waals surface area contributed by atoms with E-state index in [9.17, 15) is 19.2 Å². The summed E-state index contributed by atoms with van der Waals surface area (Å²) >= 11 is 0.830. The van der Waals surface area contributed by atoms with Crippen LogP contribution >= 0.6 is 11.8 Å². The van der Waals surface area contributed by atoms with E-state index in [0.29, 0.717) is 5.56 Å². The molecule has 8 heteroatoms. The second-order valence-electron chi connectivity index (χ2n) is 9.22. The predicted octanol–water partition coefficient (Wildman–Crippen LogP) is 4.96. The number of piperidine rings is 1. The van der Waals surface area contributed by atoms with Gasteiger partial charge in [-0.2, -0.15) is 0 Å². The van der Waals surface area contributed by atoms with Gasteiger partial charge in [-0.05, 0) is 50.1 Å². The lowest BCUT2D eigenvalue weighted by atomic mass is 10.0. The molecule has 0 aliphatic carbocycles. The Bertz CT molecular complexity index is 1380. The largest absolute Gasteiger partial charge is 0.338 e. The lowest BCUT2D eigenvalue weighted by molar-refractivity contribution is -0.135. The molecule has 3 heterocycles. The fourth-order valence-electron chi connectivity index (χ4n) is 4.86. The monoisotopic (exact) mass is 501 g/mol. The molecule has 0 unspecified atom stereocenters. The average molecular weight is 502 g/mol. The van der Waals surface area contributed by atoms with Gasteiger partial charge in [0.05, 0.1) is 11.4 Å². The van der Waals surface area contributed by atoms with Gasteiger partial charge in [0.2, 0.25) is 5.91 Å². The van der Waals surface area contributed by atoms with E-state index in [1.54, 1.807) is 36.4 Å². The quantitative estimate of drug-likeness (QED) is 0.352. The van der Waals surface area contributed by atoms with Crippen LogP contribution < -0.4 is 0 Å². The number of carbonyl (C=O) groups is 4. The smallest absolute Gasteiger partial charge is 0.293 e. The second-order valence-corrected chi connectivity index (χ2v) is 10.2. The van der Waals surface area contributed by atoms with Gasteiger partial charge in [-0.15, -0.1) is 0 Å². The van der Waals surface area contributed by atoms with Crippen molar-refractivity contribution in [1.82, 2.24) is 14.4 Å². The van der Waals surface area contributed by atoms with Gasteiger partial charge in [-0.25, -0.2) is 0 Å². The zero-order valence-electron chi connectivity index (χ0n) is 20.1. The minimum absolute atomic E-state index is 0.0780. The van der Waals surface area contributed by atoms with Crippen LogP contribution in [0.1, 0.15) is 42.1 Å². The van der Waals surface area contributed by atoms with Crippen LogP contribution in [0.5, 0.6) is 0 Å². The van der Waals surface area contributed by atoms with E-state index in [-0.39, 0.29) is 35.7 Å². The molecule has 2 fully saturated rings. The number of carbonyl (C=O) groups excluding carboxylic acids is 4. The molecule has 36 heavy (non-hydrogen) atoms. The van der Waals surface area contributed by atoms with Crippen molar-refractivity contribution in [3.05, 3.63) is 76.8 Å². The number of ketones is 1. The minimum atomic E-state index is -0.482. The van der Waals surface area contributed by atoms with E-state index in [1.807, 2.05) is 39.9 Å². The standard InChI is InChI=1S/C28H27N3O4S/c1-19-9-7-8-14-30(19)26(33)18-29-16-21(22-12-5-6-13-23(22)29)15-25-27(34)31(28(35)36-25)17-24(32)20-10-3-2-4-11-20/h2-6,10-13,15-16,19H,7-9,14,17-18H2,1H3/b25-15-/t19-/m0/s1. The molecule has 0 radical (unpaired) electrons. The van der Waals surface area contributed by atoms with Crippen LogP contribution in [0.2, 0.25) is 0 Å². The van der Waals surface area contributed by atoms with Crippen LogP contribution in [0, 0.1) is 0 Å². The van der Waals surface area contributed by atoms with Gasteiger partial charge in [-0.1, -0.05) is 48.5 Å². The Morgan fingerprint density at radius 1 is 1.00 bits per heavy atom. The number of thioether (sulfide) groups is 1. The maximum Gasteiger partial charge on any atom is 0.293 e. The molecule has 184 valence electrons. The number of fused-ring (bicyclic) bond motifs is 1. The number of nitrogens with zero attached hydrogens (tertiary/aromatic N) is 3. The van der Waals surface area contributed by atoms with Crippen molar-refractivity contribution in [3.8, 4) is 0 Å². The first kappa shape index (κ1) is 24.1. The highest BCUT2D eigenvalue weighted by atomic mass is 32.2. The molecule has 3 amide bonds. The first-order valence-corrected chi connectivity index (χ1v) is 12.9. The molecule has 0 spiro atoms. The molecule has 2 aromatic carbocycles. The van der Waals surface area contributed by atoms with Gasteiger partial charge in [0.1, 0.15) is 6.54 Å². The van der Waals surface area contributed by atoms with Crippen LogP contribution in [-0.2, 0) is 16.1 Å². The molecular formula is C28H27N3O4S. The van der Waals surface area contributed by atoms with Crippen LogP contribution in [-0.4, -0.2) is 56.3 Å². The summed E-state index contributed by atoms with van der Waals surface area (Å²) in [7, 11) is 0. The lowest BCUT2D eigenvalue weighted by Gasteiger charge is -2.33. The number of aromatic nitrogens is 1. The van der Waals surface area contributed by atoms with E-state index in [0.717, 1.165) is 58.9 Å². The maximum atomic E-state index is 13.1. The molecule has 0 bridgehead atoms. The van der Waals surface area contributed by atoms with Gasteiger partial charge in [0.15, 0.2) is 5.78 Å². The number of hydrogen-bond acceptors (Lipinski definition) is 5. The maximum absolute atomic E-state index is 13.1. The molecular weight excluding hydrogens is 474 g/mol.